The third-order valence-electron chi connectivity index (χ3n) is 4.27. The summed E-state index contributed by atoms with van der Waals surface area (Å²) in [5.41, 5.74) is 4.22. The first-order valence-corrected chi connectivity index (χ1v) is 10.1. The van der Waals surface area contributed by atoms with Crippen LogP contribution >= 0.6 is 23.1 Å². The van der Waals surface area contributed by atoms with Crippen molar-refractivity contribution in [1.29, 1.82) is 0 Å². The topological polar surface area (TPSA) is 101 Å². The average Bonchev–Trinajstić information content (AvgIpc) is 3.06. The molecule has 0 bridgehead atoms. The van der Waals surface area contributed by atoms with Gasteiger partial charge < -0.3 is 10.6 Å². The number of aromatic nitrogens is 2. The molecule has 2 N–H and O–H groups in total. The minimum Gasteiger partial charge on any atom is -0.374 e. The third kappa shape index (κ3) is 5.02. The van der Waals surface area contributed by atoms with E-state index in [1.54, 1.807) is 16.7 Å². The number of piperazine rings is 1. The van der Waals surface area contributed by atoms with E-state index in [9.17, 15) is 23.3 Å². The molecule has 0 unspecified atom stereocenters. The van der Waals surface area contributed by atoms with Crippen LogP contribution in [-0.2, 0) is 6.18 Å². The number of alkyl halides is 3. The van der Waals surface area contributed by atoms with Gasteiger partial charge in [0.05, 0.1) is 10.5 Å². The molecule has 2 heterocycles. The number of thioether (sulfide) groups is 1. The number of nitro groups is 1. The number of anilines is 2. The van der Waals surface area contributed by atoms with E-state index in [0.29, 0.717) is 37.4 Å². The van der Waals surface area contributed by atoms with Crippen LogP contribution in [0.5, 0.6) is 0 Å². The van der Waals surface area contributed by atoms with Crippen molar-refractivity contribution in [2.75, 3.05) is 49.1 Å². The molecule has 0 aliphatic carbocycles. The zero-order valence-corrected chi connectivity index (χ0v) is 16.2. The van der Waals surface area contributed by atoms with Crippen molar-refractivity contribution in [3.8, 4) is 0 Å². The van der Waals surface area contributed by atoms with E-state index in [-0.39, 0.29) is 5.69 Å². The summed E-state index contributed by atoms with van der Waals surface area (Å²) in [5.74, 6) is 0.801. The molecule has 0 spiro atoms. The lowest BCUT2D eigenvalue weighted by Crippen LogP contribution is -2.47. The Morgan fingerprint density at radius 1 is 1.25 bits per heavy atom. The second-order valence-corrected chi connectivity index (χ2v) is 8.39. The van der Waals surface area contributed by atoms with Gasteiger partial charge in [0.2, 0.25) is 5.13 Å². The maximum atomic E-state index is 12.8. The van der Waals surface area contributed by atoms with Crippen molar-refractivity contribution in [3.05, 3.63) is 33.9 Å². The monoisotopic (exact) mass is 434 g/mol. The van der Waals surface area contributed by atoms with Crippen molar-refractivity contribution in [2.45, 2.75) is 10.5 Å². The summed E-state index contributed by atoms with van der Waals surface area (Å²) < 4.78 is 39.3. The fourth-order valence-corrected chi connectivity index (χ4v) is 4.57. The van der Waals surface area contributed by atoms with E-state index in [1.165, 1.54) is 17.4 Å². The van der Waals surface area contributed by atoms with E-state index < -0.39 is 22.4 Å². The maximum Gasteiger partial charge on any atom is 0.416 e. The number of halogens is 3. The van der Waals surface area contributed by atoms with Gasteiger partial charge in [-0.3, -0.25) is 15.0 Å². The summed E-state index contributed by atoms with van der Waals surface area (Å²) in [4.78, 5) is 14.5. The van der Waals surface area contributed by atoms with Crippen molar-refractivity contribution >= 4 is 39.6 Å². The second kappa shape index (κ2) is 8.49. The van der Waals surface area contributed by atoms with E-state index in [2.05, 4.69) is 15.1 Å². The van der Waals surface area contributed by atoms with Gasteiger partial charge in [-0.1, -0.05) is 23.1 Å². The van der Waals surface area contributed by atoms with Gasteiger partial charge in [0, 0.05) is 44.5 Å². The molecule has 0 saturated carbocycles. The van der Waals surface area contributed by atoms with Crippen LogP contribution in [0.15, 0.2) is 22.5 Å². The zero-order valence-electron chi connectivity index (χ0n) is 14.6. The van der Waals surface area contributed by atoms with Crippen LogP contribution in [0.3, 0.4) is 0 Å². The van der Waals surface area contributed by atoms with Crippen molar-refractivity contribution < 1.29 is 18.1 Å². The largest absolute Gasteiger partial charge is 0.416 e. The SMILES string of the molecule is Nc1nnc(SCCN2CCN(c3ccc(C(F)(F)F)cc3[N+](=O)[O-])CC2)s1. The first kappa shape index (κ1) is 20.6. The van der Waals surface area contributed by atoms with Gasteiger partial charge in [0.25, 0.3) is 5.69 Å². The van der Waals surface area contributed by atoms with Gasteiger partial charge in [-0.05, 0) is 12.1 Å². The number of rotatable bonds is 6. The fraction of sp³-hybridized carbons (Fsp3) is 0.467. The molecule has 3 rings (SSSR count). The third-order valence-corrected chi connectivity index (χ3v) is 6.13. The lowest BCUT2D eigenvalue weighted by molar-refractivity contribution is -0.384. The van der Waals surface area contributed by atoms with Crippen LogP contribution in [-0.4, -0.2) is 58.5 Å². The highest BCUT2D eigenvalue weighted by atomic mass is 32.2. The van der Waals surface area contributed by atoms with E-state index in [1.807, 2.05) is 0 Å². The summed E-state index contributed by atoms with van der Waals surface area (Å²) in [6, 6.07) is 2.68. The zero-order chi connectivity index (χ0) is 20.3. The molecule has 1 fully saturated rings. The van der Waals surface area contributed by atoms with Crippen LogP contribution in [0.25, 0.3) is 0 Å². The molecule has 1 aliphatic heterocycles. The van der Waals surface area contributed by atoms with Crippen molar-refractivity contribution in [3.63, 3.8) is 0 Å². The number of hydrogen-bond acceptors (Lipinski definition) is 9. The highest BCUT2D eigenvalue weighted by Crippen LogP contribution is 2.36. The van der Waals surface area contributed by atoms with Gasteiger partial charge in [-0.15, -0.1) is 10.2 Å². The summed E-state index contributed by atoms with van der Waals surface area (Å²) in [6.07, 6.45) is -4.61. The Morgan fingerprint density at radius 3 is 2.54 bits per heavy atom. The normalized spacial score (nSPS) is 15.8. The summed E-state index contributed by atoms with van der Waals surface area (Å²) in [5, 5.41) is 19.4. The standard InChI is InChI=1S/C15H17F3N6O2S2/c16-15(17,18)10-1-2-11(12(9-10)24(25)26)23-5-3-22(4-6-23)7-8-27-14-21-20-13(19)28-14/h1-2,9H,3-8H2,(H2,19,20). The number of nitrogens with zero attached hydrogens (tertiary/aromatic N) is 5. The predicted molar refractivity (Wildman–Crippen MR) is 102 cm³/mol. The minimum absolute atomic E-state index is 0.219. The highest BCUT2D eigenvalue weighted by molar-refractivity contribution is 8.01. The average molecular weight is 434 g/mol. The molecule has 0 amide bonds. The van der Waals surface area contributed by atoms with Crippen LogP contribution in [0.2, 0.25) is 0 Å². The number of nitro benzene ring substituents is 1. The molecule has 0 radical (unpaired) electrons. The van der Waals surface area contributed by atoms with Crippen LogP contribution in [0, 0.1) is 10.1 Å². The van der Waals surface area contributed by atoms with E-state index in [4.69, 9.17) is 5.73 Å². The molecular formula is C15H17F3N6O2S2. The van der Waals surface area contributed by atoms with Crippen molar-refractivity contribution in [2.24, 2.45) is 0 Å². The Labute approximate surface area is 166 Å². The van der Waals surface area contributed by atoms with Crippen LogP contribution < -0.4 is 10.6 Å². The number of nitrogens with two attached hydrogens (primary N) is 1. The Balaban J connectivity index is 1.57. The summed E-state index contributed by atoms with van der Waals surface area (Å²) in [7, 11) is 0. The molecule has 152 valence electrons. The van der Waals surface area contributed by atoms with Crippen molar-refractivity contribution in [1.82, 2.24) is 15.1 Å². The lowest BCUT2D eigenvalue weighted by Gasteiger charge is -2.35. The van der Waals surface area contributed by atoms with E-state index in [0.717, 1.165) is 22.7 Å². The molecule has 1 saturated heterocycles. The second-order valence-electron chi connectivity index (χ2n) is 6.04. The van der Waals surface area contributed by atoms with Gasteiger partial charge in [0.1, 0.15) is 5.69 Å². The van der Waals surface area contributed by atoms with Gasteiger partial charge >= 0.3 is 6.18 Å². The molecule has 1 aliphatic rings. The molecule has 8 nitrogen and oxygen atoms in total. The molecule has 28 heavy (non-hydrogen) atoms. The van der Waals surface area contributed by atoms with Gasteiger partial charge in [-0.25, -0.2) is 0 Å². The Kier molecular flexibility index (Phi) is 6.25. The molecule has 1 aromatic carbocycles. The molecule has 0 atom stereocenters. The van der Waals surface area contributed by atoms with E-state index >= 15 is 0 Å². The van der Waals surface area contributed by atoms with Gasteiger partial charge in [0.15, 0.2) is 4.34 Å². The van der Waals surface area contributed by atoms with Crippen LogP contribution in [0.4, 0.5) is 29.7 Å². The molecular weight excluding hydrogens is 417 g/mol. The Bertz CT molecular complexity index is 839. The quantitative estimate of drug-likeness (QED) is 0.421. The summed E-state index contributed by atoms with van der Waals surface area (Å²) in [6.45, 7) is 3.13. The molecule has 13 heteroatoms. The fourth-order valence-electron chi connectivity index (χ4n) is 2.87. The number of nitrogen functional groups attached to an aromatic ring is 1. The predicted octanol–water partition coefficient (Wildman–Crippen LogP) is 2.96. The first-order chi connectivity index (χ1) is 13.2. The lowest BCUT2D eigenvalue weighted by atomic mass is 10.1. The molecule has 2 aromatic rings. The Hall–Kier alpha value is -2.12. The highest BCUT2D eigenvalue weighted by Gasteiger charge is 2.34. The molecule has 1 aromatic heterocycles. The van der Waals surface area contributed by atoms with Gasteiger partial charge in [-0.2, -0.15) is 13.2 Å². The minimum atomic E-state index is -4.61. The first-order valence-electron chi connectivity index (χ1n) is 8.29. The number of benzene rings is 1. The smallest absolute Gasteiger partial charge is 0.374 e. The maximum absolute atomic E-state index is 12.8. The summed E-state index contributed by atoms with van der Waals surface area (Å²) >= 11 is 2.88. The number of hydrogen-bond donors (Lipinski definition) is 1. The Morgan fingerprint density at radius 2 is 1.96 bits per heavy atom. The van der Waals surface area contributed by atoms with Crippen LogP contribution in [0.1, 0.15) is 5.56 Å².